The summed E-state index contributed by atoms with van der Waals surface area (Å²) in [5.74, 6) is 0.536. The van der Waals surface area contributed by atoms with Crippen LogP contribution < -0.4 is 5.32 Å². The maximum atomic E-state index is 9.63. The van der Waals surface area contributed by atoms with Gasteiger partial charge in [0.05, 0.1) is 6.07 Å². The third-order valence-corrected chi connectivity index (χ3v) is 5.62. The minimum absolute atomic E-state index is 0.239. The van der Waals surface area contributed by atoms with Crippen molar-refractivity contribution >= 4 is 0 Å². The molecule has 1 aliphatic carbocycles. The van der Waals surface area contributed by atoms with E-state index in [-0.39, 0.29) is 5.54 Å². The first-order chi connectivity index (χ1) is 9.63. The molecule has 1 saturated carbocycles. The first-order valence-corrected chi connectivity index (χ1v) is 8.55. The summed E-state index contributed by atoms with van der Waals surface area (Å²) in [6.45, 7) is 8.92. The predicted octanol–water partition coefficient (Wildman–Crippen LogP) is 3.31. The SMILES string of the molecule is CCNC1(C#N)CCCC1CCN1C(C)CCCC1C. The fraction of sp³-hybridized carbons (Fsp3) is 0.941. The molecule has 0 aromatic carbocycles. The lowest BCUT2D eigenvalue weighted by Crippen LogP contribution is -2.49. The molecule has 2 aliphatic rings. The molecule has 3 heteroatoms. The highest BCUT2D eigenvalue weighted by Crippen LogP contribution is 2.38. The second-order valence-electron chi connectivity index (χ2n) is 6.86. The Morgan fingerprint density at radius 2 is 1.90 bits per heavy atom. The van der Waals surface area contributed by atoms with Crippen LogP contribution in [0.2, 0.25) is 0 Å². The van der Waals surface area contributed by atoms with E-state index < -0.39 is 0 Å². The molecule has 4 unspecified atom stereocenters. The number of piperidine rings is 1. The number of hydrogen-bond donors (Lipinski definition) is 1. The average Bonchev–Trinajstić information content (AvgIpc) is 2.82. The monoisotopic (exact) mass is 277 g/mol. The Hall–Kier alpha value is -0.590. The van der Waals surface area contributed by atoms with E-state index in [1.54, 1.807) is 0 Å². The number of rotatable bonds is 5. The lowest BCUT2D eigenvalue weighted by Gasteiger charge is -2.40. The summed E-state index contributed by atoms with van der Waals surface area (Å²) < 4.78 is 0. The van der Waals surface area contributed by atoms with Crippen molar-refractivity contribution in [1.82, 2.24) is 10.2 Å². The molecule has 1 saturated heterocycles. The highest BCUT2D eigenvalue weighted by Gasteiger charge is 2.42. The number of nitriles is 1. The summed E-state index contributed by atoms with van der Waals surface area (Å²) in [6.07, 6.45) is 8.69. The molecule has 1 N–H and O–H groups in total. The summed E-state index contributed by atoms with van der Waals surface area (Å²) in [4.78, 5) is 2.68. The Bertz CT molecular complexity index is 339. The molecule has 0 bridgehead atoms. The number of likely N-dealkylation sites (tertiary alicyclic amines) is 1. The van der Waals surface area contributed by atoms with Crippen LogP contribution in [-0.4, -0.2) is 35.6 Å². The molecule has 2 rings (SSSR count). The summed E-state index contributed by atoms with van der Waals surface area (Å²) in [5.41, 5.74) is -0.239. The van der Waals surface area contributed by atoms with Gasteiger partial charge in [-0.2, -0.15) is 5.26 Å². The van der Waals surface area contributed by atoms with Crippen molar-refractivity contribution in [3.63, 3.8) is 0 Å². The van der Waals surface area contributed by atoms with Gasteiger partial charge in [-0.15, -0.1) is 0 Å². The normalized spacial score (nSPS) is 38.8. The van der Waals surface area contributed by atoms with Crippen LogP contribution in [0.3, 0.4) is 0 Å². The largest absolute Gasteiger partial charge is 0.299 e. The third kappa shape index (κ3) is 3.18. The zero-order chi connectivity index (χ0) is 14.6. The second-order valence-corrected chi connectivity index (χ2v) is 6.86. The zero-order valence-electron chi connectivity index (χ0n) is 13.5. The van der Waals surface area contributed by atoms with E-state index in [0.29, 0.717) is 5.92 Å². The molecular formula is C17H31N3. The highest BCUT2D eigenvalue weighted by molar-refractivity contribution is 5.14. The standard InChI is InChI=1S/C17H31N3/c1-4-19-17(13-18)11-6-9-16(17)10-12-20-14(2)7-5-8-15(20)3/h14-16,19H,4-12H2,1-3H3. The highest BCUT2D eigenvalue weighted by atomic mass is 15.2. The third-order valence-electron chi connectivity index (χ3n) is 5.62. The summed E-state index contributed by atoms with van der Waals surface area (Å²) in [5, 5.41) is 13.1. The molecular weight excluding hydrogens is 246 g/mol. The van der Waals surface area contributed by atoms with Gasteiger partial charge in [0.15, 0.2) is 0 Å². The van der Waals surface area contributed by atoms with Crippen LogP contribution in [0.5, 0.6) is 0 Å². The van der Waals surface area contributed by atoms with Crippen molar-refractivity contribution in [3.8, 4) is 6.07 Å². The van der Waals surface area contributed by atoms with Crippen LogP contribution in [0, 0.1) is 17.2 Å². The molecule has 114 valence electrons. The van der Waals surface area contributed by atoms with E-state index in [2.05, 4.69) is 37.1 Å². The quantitative estimate of drug-likeness (QED) is 0.838. The lowest BCUT2D eigenvalue weighted by molar-refractivity contribution is 0.0916. The van der Waals surface area contributed by atoms with Crippen LogP contribution >= 0.6 is 0 Å². The van der Waals surface area contributed by atoms with Gasteiger partial charge in [0.2, 0.25) is 0 Å². The average molecular weight is 277 g/mol. The van der Waals surface area contributed by atoms with Crippen molar-refractivity contribution in [2.24, 2.45) is 5.92 Å². The van der Waals surface area contributed by atoms with E-state index in [4.69, 9.17) is 0 Å². The van der Waals surface area contributed by atoms with Gasteiger partial charge in [-0.3, -0.25) is 10.2 Å². The molecule has 1 aliphatic heterocycles. The Morgan fingerprint density at radius 1 is 1.20 bits per heavy atom. The van der Waals surface area contributed by atoms with Crippen molar-refractivity contribution in [2.45, 2.75) is 83.3 Å². The van der Waals surface area contributed by atoms with Gasteiger partial charge < -0.3 is 0 Å². The fourth-order valence-electron chi connectivity index (χ4n) is 4.42. The minimum atomic E-state index is -0.239. The van der Waals surface area contributed by atoms with E-state index in [1.165, 1.54) is 45.1 Å². The lowest BCUT2D eigenvalue weighted by atomic mass is 9.85. The predicted molar refractivity (Wildman–Crippen MR) is 83.5 cm³/mol. The van der Waals surface area contributed by atoms with Crippen LogP contribution in [0.25, 0.3) is 0 Å². The Balaban J connectivity index is 1.94. The van der Waals surface area contributed by atoms with Crippen molar-refractivity contribution in [3.05, 3.63) is 0 Å². The maximum absolute atomic E-state index is 9.63. The van der Waals surface area contributed by atoms with Gasteiger partial charge in [0.1, 0.15) is 5.54 Å². The molecule has 0 amide bonds. The summed E-state index contributed by atoms with van der Waals surface area (Å²) >= 11 is 0. The topological polar surface area (TPSA) is 39.1 Å². The van der Waals surface area contributed by atoms with Gasteiger partial charge in [0, 0.05) is 12.1 Å². The van der Waals surface area contributed by atoms with Crippen molar-refractivity contribution < 1.29 is 0 Å². The van der Waals surface area contributed by atoms with E-state index in [9.17, 15) is 5.26 Å². The van der Waals surface area contributed by atoms with Crippen LogP contribution in [-0.2, 0) is 0 Å². The smallest absolute Gasteiger partial charge is 0.109 e. The second kappa shape index (κ2) is 6.91. The molecule has 0 aromatic rings. The molecule has 20 heavy (non-hydrogen) atoms. The summed E-state index contributed by atoms with van der Waals surface area (Å²) in [6, 6.07) is 4.05. The summed E-state index contributed by atoms with van der Waals surface area (Å²) in [7, 11) is 0. The van der Waals surface area contributed by atoms with Crippen molar-refractivity contribution in [2.75, 3.05) is 13.1 Å². The van der Waals surface area contributed by atoms with Gasteiger partial charge in [-0.05, 0) is 65.0 Å². The van der Waals surface area contributed by atoms with Crippen LogP contribution in [0.15, 0.2) is 0 Å². The molecule has 3 nitrogen and oxygen atoms in total. The van der Waals surface area contributed by atoms with E-state index in [0.717, 1.165) is 25.0 Å². The minimum Gasteiger partial charge on any atom is -0.299 e. The van der Waals surface area contributed by atoms with Crippen LogP contribution in [0.4, 0.5) is 0 Å². The van der Waals surface area contributed by atoms with Crippen molar-refractivity contribution in [1.29, 1.82) is 5.26 Å². The molecule has 2 fully saturated rings. The first-order valence-electron chi connectivity index (χ1n) is 8.55. The molecule has 1 heterocycles. The first kappa shape index (κ1) is 15.8. The van der Waals surface area contributed by atoms with E-state index in [1.807, 2.05) is 0 Å². The fourth-order valence-corrected chi connectivity index (χ4v) is 4.42. The molecule has 0 radical (unpaired) electrons. The molecule has 0 aromatic heterocycles. The number of nitrogens with zero attached hydrogens (tertiary/aromatic N) is 2. The van der Waals surface area contributed by atoms with Gasteiger partial charge >= 0.3 is 0 Å². The Kier molecular flexibility index (Phi) is 5.46. The van der Waals surface area contributed by atoms with Gasteiger partial charge in [-0.25, -0.2) is 0 Å². The van der Waals surface area contributed by atoms with Gasteiger partial charge in [-0.1, -0.05) is 19.8 Å². The zero-order valence-corrected chi connectivity index (χ0v) is 13.5. The Labute approximate surface area is 124 Å². The molecule has 4 atom stereocenters. The Morgan fingerprint density at radius 3 is 2.50 bits per heavy atom. The van der Waals surface area contributed by atoms with E-state index >= 15 is 0 Å². The molecule has 0 spiro atoms. The van der Waals surface area contributed by atoms with Gasteiger partial charge in [0.25, 0.3) is 0 Å². The number of nitrogens with one attached hydrogen (secondary N) is 1. The van der Waals surface area contributed by atoms with Crippen LogP contribution in [0.1, 0.15) is 65.7 Å². The maximum Gasteiger partial charge on any atom is 0.109 e. The number of hydrogen-bond acceptors (Lipinski definition) is 3.